The van der Waals surface area contributed by atoms with Gasteiger partial charge in [-0.1, -0.05) is 37.3 Å². The zero-order chi connectivity index (χ0) is 9.97. The molecule has 1 fully saturated rings. The topological polar surface area (TPSA) is 20.2 Å². The van der Waals surface area contributed by atoms with Gasteiger partial charge in [-0.05, 0) is 30.7 Å². The third kappa shape index (κ3) is 1.98. The monoisotopic (exact) mass is 190 g/mol. The molecular formula is C13H18O. The van der Waals surface area contributed by atoms with Gasteiger partial charge < -0.3 is 5.11 Å². The van der Waals surface area contributed by atoms with Gasteiger partial charge in [0.1, 0.15) is 0 Å². The van der Waals surface area contributed by atoms with Gasteiger partial charge in [0, 0.05) is 5.92 Å². The molecule has 0 heterocycles. The van der Waals surface area contributed by atoms with E-state index in [0.717, 1.165) is 12.8 Å². The molecule has 0 radical (unpaired) electrons. The summed E-state index contributed by atoms with van der Waals surface area (Å²) in [7, 11) is 0. The molecule has 1 heteroatoms. The molecule has 1 aliphatic rings. The predicted molar refractivity (Wildman–Crippen MR) is 58.2 cm³/mol. The number of benzene rings is 1. The summed E-state index contributed by atoms with van der Waals surface area (Å²) in [4.78, 5) is 0. The van der Waals surface area contributed by atoms with E-state index in [1.807, 2.05) is 6.07 Å². The normalized spacial score (nSPS) is 32.9. The lowest BCUT2D eigenvalue weighted by atomic mass is 9.77. The maximum absolute atomic E-state index is 9.99. The standard InChI is InChI=1S/C13H18O/c1-10-7-8-12(13(14)9-10)11-5-3-2-4-6-11/h2-6,10,12-14H,7-9H2,1H3. The molecule has 1 aromatic rings. The van der Waals surface area contributed by atoms with Gasteiger partial charge in [-0.2, -0.15) is 0 Å². The maximum Gasteiger partial charge on any atom is 0.0611 e. The van der Waals surface area contributed by atoms with Crippen molar-refractivity contribution in [2.75, 3.05) is 0 Å². The smallest absolute Gasteiger partial charge is 0.0611 e. The second-order valence-corrected chi connectivity index (χ2v) is 4.50. The van der Waals surface area contributed by atoms with Gasteiger partial charge in [0.2, 0.25) is 0 Å². The van der Waals surface area contributed by atoms with E-state index in [9.17, 15) is 5.11 Å². The molecule has 0 spiro atoms. The Morgan fingerprint density at radius 3 is 2.50 bits per heavy atom. The van der Waals surface area contributed by atoms with E-state index in [1.54, 1.807) is 0 Å². The van der Waals surface area contributed by atoms with Gasteiger partial charge in [-0.25, -0.2) is 0 Å². The Morgan fingerprint density at radius 1 is 1.14 bits per heavy atom. The molecule has 1 aliphatic carbocycles. The molecule has 0 aromatic heterocycles. The Bertz CT molecular complexity index is 281. The highest BCUT2D eigenvalue weighted by Crippen LogP contribution is 2.35. The van der Waals surface area contributed by atoms with E-state index in [4.69, 9.17) is 0 Å². The molecule has 76 valence electrons. The fourth-order valence-corrected chi connectivity index (χ4v) is 2.44. The van der Waals surface area contributed by atoms with Crippen LogP contribution in [0.25, 0.3) is 0 Å². The molecule has 0 bridgehead atoms. The second kappa shape index (κ2) is 4.14. The van der Waals surface area contributed by atoms with Crippen LogP contribution in [-0.2, 0) is 0 Å². The maximum atomic E-state index is 9.99. The summed E-state index contributed by atoms with van der Waals surface area (Å²) in [5.74, 6) is 1.05. The van der Waals surface area contributed by atoms with Crippen LogP contribution in [-0.4, -0.2) is 11.2 Å². The fraction of sp³-hybridized carbons (Fsp3) is 0.538. The van der Waals surface area contributed by atoms with Gasteiger partial charge in [0.05, 0.1) is 6.10 Å². The van der Waals surface area contributed by atoms with Crippen LogP contribution in [0.4, 0.5) is 0 Å². The Balaban J connectivity index is 2.12. The average molecular weight is 190 g/mol. The van der Waals surface area contributed by atoms with E-state index in [-0.39, 0.29) is 6.10 Å². The van der Waals surface area contributed by atoms with Crippen LogP contribution >= 0.6 is 0 Å². The van der Waals surface area contributed by atoms with E-state index in [1.165, 1.54) is 12.0 Å². The van der Waals surface area contributed by atoms with Crippen LogP contribution in [0.1, 0.15) is 37.7 Å². The van der Waals surface area contributed by atoms with Crippen LogP contribution in [0.15, 0.2) is 30.3 Å². The molecule has 3 unspecified atom stereocenters. The Kier molecular flexibility index (Phi) is 2.87. The third-order valence-electron chi connectivity index (χ3n) is 3.31. The van der Waals surface area contributed by atoms with Crippen molar-refractivity contribution >= 4 is 0 Å². The van der Waals surface area contributed by atoms with Crippen molar-refractivity contribution in [1.29, 1.82) is 0 Å². The Labute approximate surface area is 85.8 Å². The van der Waals surface area contributed by atoms with Crippen molar-refractivity contribution in [3.63, 3.8) is 0 Å². The molecule has 1 saturated carbocycles. The van der Waals surface area contributed by atoms with Crippen molar-refractivity contribution in [1.82, 2.24) is 0 Å². The average Bonchev–Trinajstić information content (AvgIpc) is 2.19. The van der Waals surface area contributed by atoms with Crippen molar-refractivity contribution in [3.8, 4) is 0 Å². The first-order chi connectivity index (χ1) is 6.77. The summed E-state index contributed by atoms with van der Waals surface area (Å²) < 4.78 is 0. The summed E-state index contributed by atoms with van der Waals surface area (Å²) in [6, 6.07) is 10.4. The lowest BCUT2D eigenvalue weighted by molar-refractivity contribution is 0.0833. The molecule has 3 atom stereocenters. The molecule has 0 amide bonds. The minimum atomic E-state index is -0.138. The third-order valence-corrected chi connectivity index (χ3v) is 3.31. The van der Waals surface area contributed by atoms with Crippen molar-refractivity contribution < 1.29 is 5.11 Å². The number of rotatable bonds is 1. The number of hydrogen-bond donors (Lipinski definition) is 1. The minimum absolute atomic E-state index is 0.138. The summed E-state index contributed by atoms with van der Waals surface area (Å²) in [5, 5.41) is 9.99. The van der Waals surface area contributed by atoms with E-state index in [0.29, 0.717) is 11.8 Å². The number of aliphatic hydroxyl groups is 1. The molecule has 1 N–H and O–H groups in total. The SMILES string of the molecule is CC1CCC(c2ccccc2)C(O)C1. The van der Waals surface area contributed by atoms with Gasteiger partial charge in [0.15, 0.2) is 0 Å². The van der Waals surface area contributed by atoms with Crippen molar-refractivity contribution in [3.05, 3.63) is 35.9 Å². The zero-order valence-corrected chi connectivity index (χ0v) is 8.69. The summed E-state index contributed by atoms with van der Waals surface area (Å²) in [6.07, 6.45) is 3.20. The van der Waals surface area contributed by atoms with Crippen LogP contribution < -0.4 is 0 Å². The summed E-state index contributed by atoms with van der Waals surface area (Å²) in [6.45, 7) is 2.23. The first kappa shape index (κ1) is 9.72. The highest BCUT2D eigenvalue weighted by atomic mass is 16.3. The zero-order valence-electron chi connectivity index (χ0n) is 8.69. The molecule has 2 rings (SSSR count). The Hall–Kier alpha value is -0.820. The predicted octanol–water partition coefficient (Wildman–Crippen LogP) is 2.95. The fourth-order valence-electron chi connectivity index (χ4n) is 2.44. The van der Waals surface area contributed by atoms with E-state index < -0.39 is 0 Å². The van der Waals surface area contributed by atoms with Gasteiger partial charge in [-0.3, -0.25) is 0 Å². The van der Waals surface area contributed by atoms with Gasteiger partial charge >= 0.3 is 0 Å². The lowest BCUT2D eigenvalue weighted by Crippen LogP contribution is -2.26. The quantitative estimate of drug-likeness (QED) is 0.722. The lowest BCUT2D eigenvalue weighted by Gasteiger charge is -2.31. The Morgan fingerprint density at radius 2 is 1.86 bits per heavy atom. The number of aliphatic hydroxyl groups excluding tert-OH is 1. The van der Waals surface area contributed by atoms with Crippen molar-refractivity contribution in [2.45, 2.75) is 38.2 Å². The molecule has 0 saturated heterocycles. The van der Waals surface area contributed by atoms with Gasteiger partial charge in [-0.15, -0.1) is 0 Å². The van der Waals surface area contributed by atoms with Crippen molar-refractivity contribution in [2.24, 2.45) is 5.92 Å². The molecule has 1 nitrogen and oxygen atoms in total. The minimum Gasteiger partial charge on any atom is -0.392 e. The second-order valence-electron chi connectivity index (χ2n) is 4.50. The largest absolute Gasteiger partial charge is 0.392 e. The highest BCUT2D eigenvalue weighted by Gasteiger charge is 2.27. The first-order valence-corrected chi connectivity index (χ1v) is 5.50. The van der Waals surface area contributed by atoms with Crippen LogP contribution in [0.5, 0.6) is 0 Å². The molecule has 1 aromatic carbocycles. The van der Waals surface area contributed by atoms with Crippen LogP contribution in [0.3, 0.4) is 0 Å². The summed E-state index contributed by atoms with van der Waals surface area (Å²) in [5.41, 5.74) is 1.30. The van der Waals surface area contributed by atoms with E-state index >= 15 is 0 Å². The van der Waals surface area contributed by atoms with E-state index in [2.05, 4.69) is 31.2 Å². The highest BCUT2D eigenvalue weighted by molar-refractivity contribution is 5.21. The molecule has 0 aliphatic heterocycles. The summed E-state index contributed by atoms with van der Waals surface area (Å²) >= 11 is 0. The van der Waals surface area contributed by atoms with Gasteiger partial charge in [0.25, 0.3) is 0 Å². The molecular weight excluding hydrogens is 172 g/mol. The van der Waals surface area contributed by atoms with Crippen LogP contribution in [0.2, 0.25) is 0 Å². The molecule has 14 heavy (non-hydrogen) atoms. The van der Waals surface area contributed by atoms with Crippen LogP contribution in [0, 0.1) is 5.92 Å². The number of hydrogen-bond acceptors (Lipinski definition) is 1. The first-order valence-electron chi connectivity index (χ1n) is 5.50.